The molecule has 0 aromatic heterocycles. The number of amides is 1. The van der Waals surface area contributed by atoms with Crippen molar-refractivity contribution in [3.8, 4) is 0 Å². The van der Waals surface area contributed by atoms with Crippen molar-refractivity contribution >= 4 is 16.7 Å². The number of hydrogen-bond donors (Lipinski definition) is 1. The molecule has 0 aliphatic rings. The van der Waals surface area contributed by atoms with Crippen LogP contribution in [0.25, 0.3) is 0 Å². The van der Waals surface area contributed by atoms with Crippen molar-refractivity contribution in [1.29, 1.82) is 0 Å². The predicted molar refractivity (Wildman–Crippen MR) is 65.1 cm³/mol. The maximum Gasteiger partial charge on any atom is 0.230 e. The molecule has 0 saturated heterocycles. The standard InChI is InChI=1S/C11H23NO2S/c1-2-3-4-5-6-7-8-9-15(14)10-11(12)13/h2-10H2,1H3,(H2,12,13)/t15-/m1/s1. The zero-order valence-corrected chi connectivity index (χ0v) is 10.5. The maximum atomic E-state index is 11.2. The molecule has 1 atom stereocenters. The van der Waals surface area contributed by atoms with Crippen molar-refractivity contribution in [1.82, 2.24) is 0 Å². The summed E-state index contributed by atoms with van der Waals surface area (Å²) in [6.45, 7) is 2.20. The van der Waals surface area contributed by atoms with E-state index < -0.39 is 16.7 Å². The average Bonchev–Trinajstić information content (AvgIpc) is 2.15. The Morgan fingerprint density at radius 2 is 1.60 bits per heavy atom. The number of hydrogen-bond acceptors (Lipinski definition) is 2. The Kier molecular flexibility index (Phi) is 9.89. The Hall–Kier alpha value is -0.380. The summed E-state index contributed by atoms with van der Waals surface area (Å²) in [5, 5.41) is 0. The lowest BCUT2D eigenvalue weighted by Crippen LogP contribution is -2.20. The van der Waals surface area contributed by atoms with Gasteiger partial charge in [-0.2, -0.15) is 0 Å². The van der Waals surface area contributed by atoms with Gasteiger partial charge in [0.25, 0.3) is 0 Å². The predicted octanol–water partition coefficient (Wildman–Crippen LogP) is 1.97. The summed E-state index contributed by atoms with van der Waals surface area (Å²) in [5.74, 6) is 0.184. The number of carbonyl (C=O) groups is 1. The van der Waals surface area contributed by atoms with Crippen LogP contribution in [0.2, 0.25) is 0 Å². The van der Waals surface area contributed by atoms with E-state index in [2.05, 4.69) is 6.92 Å². The highest BCUT2D eigenvalue weighted by molar-refractivity contribution is 7.85. The summed E-state index contributed by atoms with van der Waals surface area (Å²) >= 11 is 0. The van der Waals surface area contributed by atoms with Gasteiger partial charge in [-0.15, -0.1) is 0 Å². The first kappa shape index (κ1) is 14.6. The molecule has 0 rings (SSSR count). The fourth-order valence-corrected chi connectivity index (χ4v) is 2.44. The van der Waals surface area contributed by atoms with Gasteiger partial charge in [-0.05, 0) is 6.42 Å². The highest BCUT2D eigenvalue weighted by atomic mass is 32.2. The largest absolute Gasteiger partial charge is 0.369 e. The Labute approximate surface area is 95.3 Å². The van der Waals surface area contributed by atoms with Gasteiger partial charge in [0.2, 0.25) is 5.91 Å². The Bertz CT molecular complexity index is 195. The van der Waals surface area contributed by atoms with Gasteiger partial charge in [-0.25, -0.2) is 0 Å². The Morgan fingerprint density at radius 1 is 1.07 bits per heavy atom. The second-order valence-electron chi connectivity index (χ2n) is 3.88. The van der Waals surface area contributed by atoms with Crippen LogP contribution in [0, 0.1) is 0 Å². The van der Waals surface area contributed by atoms with Gasteiger partial charge in [-0.1, -0.05) is 45.4 Å². The molecule has 2 N–H and O–H groups in total. The average molecular weight is 233 g/mol. The summed E-state index contributed by atoms with van der Waals surface area (Å²) < 4.78 is 11.2. The van der Waals surface area contributed by atoms with E-state index in [4.69, 9.17) is 5.73 Å². The van der Waals surface area contributed by atoms with E-state index in [0.717, 1.165) is 12.8 Å². The molecule has 1 amide bonds. The Morgan fingerprint density at radius 3 is 2.13 bits per heavy atom. The smallest absolute Gasteiger partial charge is 0.230 e. The second kappa shape index (κ2) is 10.1. The van der Waals surface area contributed by atoms with Crippen LogP contribution in [-0.2, 0) is 15.6 Å². The first-order valence-electron chi connectivity index (χ1n) is 5.80. The highest BCUT2D eigenvalue weighted by Gasteiger charge is 2.03. The first-order chi connectivity index (χ1) is 7.16. The molecule has 0 saturated carbocycles. The molecule has 0 heterocycles. The first-order valence-corrected chi connectivity index (χ1v) is 7.29. The minimum absolute atomic E-state index is 0.0236. The van der Waals surface area contributed by atoms with Crippen LogP contribution in [0.15, 0.2) is 0 Å². The van der Waals surface area contributed by atoms with E-state index >= 15 is 0 Å². The summed E-state index contributed by atoms with van der Waals surface area (Å²) in [4.78, 5) is 10.4. The quantitative estimate of drug-likeness (QED) is 0.586. The summed E-state index contributed by atoms with van der Waals surface area (Å²) in [6, 6.07) is 0. The van der Waals surface area contributed by atoms with Crippen molar-refractivity contribution < 1.29 is 9.00 Å². The highest BCUT2D eigenvalue weighted by Crippen LogP contribution is 2.07. The molecule has 90 valence electrons. The lowest BCUT2D eigenvalue weighted by Gasteiger charge is -2.01. The van der Waals surface area contributed by atoms with Crippen LogP contribution >= 0.6 is 0 Å². The molecule has 0 aliphatic carbocycles. The molecule has 15 heavy (non-hydrogen) atoms. The van der Waals surface area contributed by atoms with Crippen LogP contribution in [0.5, 0.6) is 0 Å². The van der Waals surface area contributed by atoms with Crippen molar-refractivity contribution in [2.24, 2.45) is 5.73 Å². The number of primary amides is 1. The van der Waals surface area contributed by atoms with E-state index in [1.54, 1.807) is 0 Å². The molecular formula is C11H23NO2S. The van der Waals surface area contributed by atoms with E-state index in [1.807, 2.05) is 0 Å². The van der Waals surface area contributed by atoms with Gasteiger partial charge in [0.05, 0.1) is 0 Å². The van der Waals surface area contributed by atoms with Gasteiger partial charge in [-0.3, -0.25) is 9.00 Å². The third-order valence-electron chi connectivity index (χ3n) is 2.28. The second-order valence-corrected chi connectivity index (χ2v) is 5.45. The molecule has 3 nitrogen and oxygen atoms in total. The summed E-state index contributed by atoms with van der Waals surface area (Å²) in [7, 11) is -1.03. The summed E-state index contributed by atoms with van der Waals surface area (Å²) in [6.07, 6.45) is 8.45. The van der Waals surface area contributed by atoms with Crippen molar-refractivity contribution in [3.05, 3.63) is 0 Å². The molecule has 0 aromatic carbocycles. The van der Waals surface area contributed by atoms with Crippen LogP contribution in [0.3, 0.4) is 0 Å². The third-order valence-corrected chi connectivity index (χ3v) is 3.63. The normalized spacial score (nSPS) is 12.6. The fourth-order valence-electron chi connectivity index (χ4n) is 1.45. The van der Waals surface area contributed by atoms with Gasteiger partial charge in [0.15, 0.2) is 0 Å². The minimum atomic E-state index is -1.03. The van der Waals surface area contributed by atoms with Gasteiger partial charge >= 0.3 is 0 Å². The molecule has 0 aliphatic heterocycles. The van der Waals surface area contributed by atoms with Crippen LogP contribution in [-0.4, -0.2) is 21.6 Å². The fraction of sp³-hybridized carbons (Fsp3) is 0.909. The molecular weight excluding hydrogens is 210 g/mol. The van der Waals surface area contributed by atoms with Gasteiger partial charge in [0.1, 0.15) is 5.75 Å². The lowest BCUT2D eigenvalue weighted by molar-refractivity contribution is -0.115. The summed E-state index contributed by atoms with van der Waals surface area (Å²) in [5.41, 5.74) is 4.95. The molecule has 4 heteroatoms. The number of carbonyl (C=O) groups excluding carboxylic acids is 1. The molecule has 0 bridgehead atoms. The van der Waals surface area contributed by atoms with E-state index in [-0.39, 0.29) is 5.75 Å². The lowest BCUT2D eigenvalue weighted by atomic mass is 10.1. The zero-order chi connectivity index (χ0) is 11.5. The van der Waals surface area contributed by atoms with E-state index in [1.165, 1.54) is 32.1 Å². The van der Waals surface area contributed by atoms with E-state index in [0.29, 0.717) is 5.75 Å². The molecule has 0 spiro atoms. The number of unbranched alkanes of at least 4 members (excludes halogenated alkanes) is 6. The number of rotatable bonds is 10. The minimum Gasteiger partial charge on any atom is -0.369 e. The van der Waals surface area contributed by atoms with Crippen LogP contribution in [0.1, 0.15) is 51.9 Å². The van der Waals surface area contributed by atoms with Crippen molar-refractivity contribution in [3.63, 3.8) is 0 Å². The Balaban J connectivity index is 3.16. The maximum absolute atomic E-state index is 11.2. The van der Waals surface area contributed by atoms with Crippen molar-refractivity contribution in [2.45, 2.75) is 51.9 Å². The van der Waals surface area contributed by atoms with Gasteiger partial charge in [0, 0.05) is 16.6 Å². The topological polar surface area (TPSA) is 60.2 Å². The van der Waals surface area contributed by atoms with Crippen LogP contribution in [0.4, 0.5) is 0 Å². The zero-order valence-electron chi connectivity index (χ0n) is 9.67. The third kappa shape index (κ3) is 11.5. The molecule has 0 radical (unpaired) electrons. The van der Waals surface area contributed by atoms with E-state index in [9.17, 15) is 9.00 Å². The van der Waals surface area contributed by atoms with Crippen LogP contribution < -0.4 is 5.73 Å². The molecule has 0 unspecified atom stereocenters. The monoisotopic (exact) mass is 233 g/mol. The SMILES string of the molecule is CCCCCCCCC[S@@](=O)CC(N)=O. The van der Waals surface area contributed by atoms with Gasteiger partial charge < -0.3 is 5.73 Å². The molecule has 0 aromatic rings. The molecule has 0 fully saturated rings. The van der Waals surface area contributed by atoms with Crippen molar-refractivity contribution in [2.75, 3.05) is 11.5 Å². The number of nitrogens with two attached hydrogens (primary N) is 1.